The zero-order chi connectivity index (χ0) is 15.6. The Labute approximate surface area is 130 Å². The van der Waals surface area contributed by atoms with E-state index in [1.54, 1.807) is 0 Å². The lowest BCUT2D eigenvalue weighted by molar-refractivity contribution is -0.0999. The number of fused-ring (bicyclic) bond motifs is 1. The van der Waals surface area contributed by atoms with E-state index < -0.39 is 5.60 Å². The maximum absolute atomic E-state index is 11.4. The molecular weight excluding hydrogens is 260 g/mol. The van der Waals surface area contributed by atoms with E-state index in [-0.39, 0.29) is 12.0 Å². The molecule has 0 spiro atoms. The molecule has 0 heterocycles. The van der Waals surface area contributed by atoms with Gasteiger partial charge in [-0.15, -0.1) is 0 Å². The summed E-state index contributed by atoms with van der Waals surface area (Å²) in [6, 6.07) is 0. The van der Waals surface area contributed by atoms with Crippen LogP contribution in [0.25, 0.3) is 0 Å². The molecule has 2 aliphatic carbocycles. The summed E-state index contributed by atoms with van der Waals surface area (Å²) in [6.07, 6.45) is 10.5. The zero-order valence-electron chi connectivity index (χ0n) is 14.0. The highest BCUT2D eigenvalue weighted by Gasteiger charge is 2.47. The molecule has 0 aliphatic heterocycles. The number of aliphatic hydroxyl groups is 2. The fourth-order valence-electron chi connectivity index (χ4n) is 4.20. The van der Waals surface area contributed by atoms with Gasteiger partial charge in [0.2, 0.25) is 0 Å². The maximum atomic E-state index is 11.4. The summed E-state index contributed by atoms with van der Waals surface area (Å²) >= 11 is 0. The van der Waals surface area contributed by atoms with Gasteiger partial charge in [-0.05, 0) is 56.8 Å². The molecule has 0 radical (unpaired) electrons. The molecule has 0 amide bonds. The fraction of sp³-hybridized carbons (Fsp3) is 0.789. The van der Waals surface area contributed by atoms with Crippen molar-refractivity contribution < 1.29 is 10.2 Å². The molecule has 120 valence electrons. The van der Waals surface area contributed by atoms with Gasteiger partial charge in [0.05, 0.1) is 11.7 Å². The first-order valence-corrected chi connectivity index (χ1v) is 8.59. The lowest BCUT2D eigenvalue weighted by atomic mass is 9.59. The molecule has 2 nitrogen and oxygen atoms in total. The van der Waals surface area contributed by atoms with Crippen LogP contribution in [0.2, 0.25) is 0 Å². The van der Waals surface area contributed by atoms with Gasteiger partial charge in [0.25, 0.3) is 0 Å². The van der Waals surface area contributed by atoms with Crippen molar-refractivity contribution in [3.63, 3.8) is 0 Å². The smallest absolute Gasteiger partial charge is 0.0772 e. The second-order valence-electron chi connectivity index (χ2n) is 7.65. The molecule has 0 unspecified atom stereocenters. The molecule has 0 bridgehead atoms. The van der Waals surface area contributed by atoms with Gasteiger partial charge >= 0.3 is 0 Å². The van der Waals surface area contributed by atoms with Crippen molar-refractivity contribution in [1.82, 2.24) is 0 Å². The number of allylic oxidation sites excluding steroid dienone is 1. The van der Waals surface area contributed by atoms with Crippen molar-refractivity contribution in [3.8, 4) is 0 Å². The summed E-state index contributed by atoms with van der Waals surface area (Å²) in [4.78, 5) is 0. The Balaban J connectivity index is 2.39. The van der Waals surface area contributed by atoms with E-state index in [0.717, 1.165) is 19.3 Å². The minimum absolute atomic E-state index is 0.237. The average Bonchev–Trinajstić information content (AvgIpc) is 2.41. The molecule has 0 saturated heterocycles. The first kappa shape index (κ1) is 16.8. The van der Waals surface area contributed by atoms with Crippen LogP contribution in [0.1, 0.15) is 59.8 Å². The highest BCUT2D eigenvalue weighted by molar-refractivity contribution is 5.15. The summed E-state index contributed by atoms with van der Waals surface area (Å²) in [6.45, 7) is 8.89. The Bertz CT molecular complexity index is 410. The van der Waals surface area contributed by atoms with Crippen LogP contribution < -0.4 is 0 Å². The minimum Gasteiger partial charge on any atom is -0.389 e. The molecule has 21 heavy (non-hydrogen) atoms. The van der Waals surface area contributed by atoms with Crippen LogP contribution in [0.15, 0.2) is 23.8 Å². The van der Waals surface area contributed by atoms with E-state index >= 15 is 0 Å². The number of rotatable bonds is 1. The van der Waals surface area contributed by atoms with Crippen LogP contribution in [-0.2, 0) is 0 Å². The van der Waals surface area contributed by atoms with Crippen molar-refractivity contribution in [2.45, 2.75) is 71.5 Å². The van der Waals surface area contributed by atoms with Crippen LogP contribution in [0.3, 0.4) is 0 Å². The van der Waals surface area contributed by atoms with Gasteiger partial charge in [-0.25, -0.2) is 0 Å². The van der Waals surface area contributed by atoms with Crippen molar-refractivity contribution in [2.24, 2.45) is 23.7 Å². The van der Waals surface area contributed by atoms with Gasteiger partial charge in [0, 0.05) is 5.92 Å². The second-order valence-corrected chi connectivity index (χ2v) is 7.65. The summed E-state index contributed by atoms with van der Waals surface area (Å²) in [5.74, 6) is 1.69. The molecule has 1 saturated carbocycles. The topological polar surface area (TPSA) is 40.5 Å². The molecular formula is C19H32O2. The van der Waals surface area contributed by atoms with Crippen LogP contribution in [-0.4, -0.2) is 21.9 Å². The van der Waals surface area contributed by atoms with Crippen LogP contribution in [0.5, 0.6) is 0 Å². The van der Waals surface area contributed by atoms with Gasteiger partial charge in [0.15, 0.2) is 0 Å². The normalized spacial score (nSPS) is 45.6. The number of hydrogen-bond acceptors (Lipinski definition) is 2. The van der Waals surface area contributed by atoms with Crippen LogP contribution in [0, 0.1) is 23.7 Å². The van der Waals surface area contributed by atoms with Crippen molar-refractivity contribution in [3.05, 3.63) is 23.8 Å². The second kappa shape index (κ2) is 6.66. The standard InChI is InChI=1S/C19H32O2/c1-13(2)17-10-8-15(4)19(21)11-5-6-16(20)9-7-14(3)12-18(17)19/h5-6,12-13,15-18,20-21H,7-11H2,1-4H3/b6-5+,14-12+/t15-,16-,17+,18+,19-/m0/s1. The van der Waals surface area contributed by atoms with Gasteiger partial charge in [-0.1, -0.05) is 44.6 Å². The zero-order valence-corrected chi connectivity index (χ0v) is 14.0. The SMILES string of the molecule is C/C1=C\[C@@H]2[C@@H](C(C)C)CC[C@H](C)[C@@]2(O)C/C=C/[C@H](O)CC1. The van der Waals surface area contributed by atoms with Crippen molar-refractivity contribution in [1.29, 1.82) is 0 Å². The van der Waals surface area contributed by atoms with Crippen molar-refractivity contribution in [2.75, 3.05) is 0 Å². The van der Waals surface area contributed by atoms with Crippen LogP contribution in [0.4, 0.5) is 0 Å². The summed E-state index contributed by atoms with van der Waals surface area (Å²) < 4.78 is 0. The number of aliphatic hydroxyl groups excluding tert-OH is 1. The van der Waals surface area contributed by atoms with E-state index in [1.807, 2.05) is 12.2 Å². The molecule has 2 N–H and O–H groups in total. The molecule has 5 atom stereocenters. The van der Waals surface area contributed by atoms with Crippen molar-refractivity contribution >= 4 is 0 Å². The van der Waals surface area contributed by atoms with E-state index in [9.17, 15) is 10.2 Å². The molecule has 0 aromatic rings. The Kier molecular flexibility index (Phi) is 5.32. The summed E-state index contributed by atoms with van der Waals surface area (Å²) in [7, 11) is 0. The van der Waals surface area contributed by atoms with E-state index in [2.05, 4.69) is 33.8 Å². The highest BCUT2D eigenvalue weighted by Crippen LogP contribution is 2.48. The van der Waals surface area contributed by atoms with E-state index in [1.165, 1.54) is 12.0 Å². The molecule has 2 rings (SSSR count). The Morgan fingerprint density at radius 1 is 1.24 bits per heavy atom. The fourth-order valence-corrected chi connectivity index (χ4v) is 4.20. The van der Waals surface area contributed by atoms with Gasteiger partial charge in [-0.2, -0.15) is 0 Å². The third-order valence-corrected chi connectivity index (χ3v) is 5.78. The third-order valence-electron chi connectivity index (χ3n) is 5.78. The first-order chi connectivity index (χ1) is 9.84. The Morgan fingerprint density at radius 3 is 2.62 bits per heavy atom. The largest absolute Gasteiger partial charge is 0.389 e. The van der Waals surface area contributed by atoms with Gasteiger partial charge in [0.1, 0.15) is 0 Å². The predicted molar refractivity (Wildman–Crippen MR) is 87.9 cm³/mol. The monoisotopic (exact) mass is 292 g/mol. The molecule has 1 fully saturated rings. The maximum Gasteiger partial charge on any atom is 0.0772 e. The minimum atomic E-state index is -0.665. The summed E-state index contributed by atoms with van der Waals surface area (Å²) in [5.41, 5.74) is 0.648. The molecule has 0 aromatic carbocycles. The third kappa shape index (κ3) is 3.60. The molecule has 2 aliphatic rings. The first-order valence-electron chi connectivity index (χ1n) is 8.59. The number of hydrogen-bond donors (Lipinski definition) is 2. The molecule has 0 aromatic heterocycles. The van der Waals surface area contributed by atoms with Gasteiger partial charge < -0.3 is 10.2 Å². The van der Waals surface area contributed by atoms with Crippen LogP contribution >= 0.6 is 0 Å². The Morgan fingerprint density at radius 2 is 1.95 bits per heavy atom. The van der Waals surface area contributed by atoms with E-state index in [0.29, 0.717) is 24.2 Å². The van der Waals surface area contributed by atoms with E-state index in [4.69, 9.17) is 0 Å². The van der Waals surface area contributed by atoms with Gasteiger partial charge in [-0.3, -0.25) is 0 Å². The summed E-state index contributed by atoms with van der Waals surface area (Å²) in [5, 5.41) is 21.4. The Hall–Kier alpha value is -0.600. The average molecular weight is 292 g/mol. The lowest BCUT2D eigenvalue weighted by Crippen LogP contribution is -2.51. The quantitative estimate of drug-likeness (QED) is 0.715. The highest BCUT2D eigenvalue weighted by atomic mass is 16.3. The lowest BCUT2D eigenvalue weighted by Gasteiger charge is -2.49. The predicted octanol–water partition coefficient (Wildman–Crippen LogP) is 4.08. The molecule has 2 heteroatoms.